The van der Waals surface area contributed by atoms with Gasteiger partial charge in [0.15, 0.2) is 0 Å². The van der Waals surface area contributed by atoms with Gasteiger partial charge in [0.05, 0.1) is 5.52 Å². The second-order valence-corrected chi connectivity index (χ2v) is 5.37. The lowest BCUT2D eigenvalue weighted by Crippen LogP contribution is -2.25. The molecule has 0 radical (unpaired) electrons. The summed E-state index contributed by atoms with van der Waals surface area (Å²) in [5.41, 5.74) is 1.83. The van der Waals surface area contributed by atoms with Crippen molar-refractivity contribution in [3.05, 3.63) is 42.1 Å². The summed E-state index contributed by atoms with van der Waals surface area (Å²) in [6.07, 6.45) is 1.76. The minimum atomic E-state index is -0.315. The summed E-state index contributed by atoms with van der Waals surface area (Å²) in [4.78, 5) is 18.2. The molecule has 0 aliphatic carbocycles. The SMILES string of the molecule is CN(C)C(C(=O)SS)c1cnc2ccccc2c1. The average Bonchev–Trinajstić information content (AvgIpc) is 2.38. The lowest BCUT2D eigenvalue weighted by Gasteiger charge is -2.22. The van der Waals surface area contributed by atoms with E-state index in [4.69, 9.17) is 0 Å². The molecule has 2 aromatic rings. The molecule has 0 spiro atoms. The summed E-state index contributed by atoms with van der Waals surface area (Å²) in [6, 6.07) is 9.57. The number of aromatic nitrogens is 1. The lowest BCUT2D eigenvalue weighted by molar-refractivity contribution is -0.114. The van der Waals surface area contributed by atoms with E-state index in [-0.39, 0.29) is 11.2 Å². The van der Waals surface area contributed by atoms with E-state index in [0.29, 0.717) is 0 Å². The van der Waals surface area contributed by atoms with E-state index >= 15 is 0 Å². The molecule has 0 aliphatic rings. The molecule has 0 bridgehead atoms. The van der Waals surface area contributed by atoms with E-state index in [1.165, 1.54) is 0 Å². The highest BCUT2D eigenvalue weighted by Crippen LogP contribution is 2.27. The molecule has 0 saturated heterocycles. The number of fused-ring (bicyclic) bond motifs is 1. The first kappa shape index (κ1) is 13.4. The van der Waals surface area contributed by atoms with Crippen LogP contribution in [-0.4, -0.2) is 29.1 Å². The number of likely N-dealkylation sites (N-methyl/N-ethyl adjacent to an activating group) is 1. The van der Waals surface area contributed by atoms with E-state index < -0.39 is 0 Å². The Bertz CT molecular complexity index is 572. The first-order chi connectivity index (χ1) is 8.63. The van der Waals surface area contributed by atoms with Gasteiger partial charge in [0.1, 0.15) is 6.04 Å². The van der Waals surface area contributed by atoms with Crippen LogP contribution in [0.5, 0.6) is 0 Å². The molecular weight excluding hydrogens is 264 g/mol. The molecule has 94 valence electrons. The van der Waals surface area contributed by atoms with Gasteiger partial charge in [-0.05, 0) is 42.6 Å². The van der Waals surface area contributed by atoms with Crippen LogP contribution in [0.1, 0.15) is 11.6 Å². The van der Waals surface area contributed by atoms with Crippen LogP contribution in [0.3, 0.4) is 0 Å². The van der Waals surface area contributed by atoms with Gasteiger partial charge in [0.25, 0.3) is 0 Å². The summed E-state index contributed by atoms with van der Waals surface area (Å²) in [5, 5.41) is 1.04. The Morgan fingerprint density at radius 3 is 2.78 bits per heavy atom. The number of benzene rings is 1. The third-order valence-corrected chi connectivity index (χ3v) is 3.70. The van der Waals surface area contributed by atoms with Gasteiger partial charge < -0.3 is 0 Å². The Morgan fingerprint density at radius 1 is 1.39 bits per heavy atom. The quantitative estimate of drug-likeness (QED) is 0.691. The van der Waals surface area contributed by atoms with Gasteiger partial charge >= 0.3 is 0 Å². The molecule has 1 aromatic carbocycles. The van der Waals surface area contributed by atoms with E-state index in [0.717, 1.165) is 27.3 Å². The minimum Gasteiger partial charge on any atom is -0.295 e. The molecule has 1 aromatic heterocycles. The fourth-order valence-electron chi connectivity index (χ4n) is 1.93. The van der Waals surface area contributed by atoms with Crippen LogP contribution in [0.15, 0.2) is 36.5 Å². The molecule has 1 atom stereocenters. The minimum absolute atomic E-state index is 0.000384. The Kier molecular flexibility index (Phi) is 4.27. The standard InChI is InChI=1S/C13H14N2OS2/c1-15(2)12(13(16)18-17)10-7-9-5-3-4-6-11(9)14-8-10/h3-8,12,17H,1-2H3. The summed E-state index contributed by atoms with van der Waals surface area (Å²) < 4.78 is 0. The number of rotatable bonds is 3. The van der Waals surface area contributed by atoms with Crippen molar-refractivity contribution >= 4 is 38.5 Å². The van der Waals surface area contributed by atoms with Crippen LogP contribution in [0.25, 0.3) is 10.9 Å². The molecule has 18 heavy (non-hydrogen) atoms. The zero-order valence-electron chi connectivity index (χ0n) is 10.2. The highest BCUT2D eigenvalue weighted by atomic mass is 33.1. The summed E-state index contributed by atoms with van der Waals surface area (Å²) >= 11 is 3.99. The highest BCUT2D eigenvalue weighted by molar-refractivity contribution is 8.74. The number of hydrogen-bond acceptors (Lipinski definition) is 5. The number of nitrogens with zero attached hydrogens (tertiary/aromatic N) is 2. The van der Waals surface area contributed by atoms with Crippen LogP contribution in [0.4, 0.5) is 0 Å². The second-order valence-electron chi connectivity index (χ2n) is 4.24. The third-order valence-electron chi connectivity index (χ3n) is 2.76. The highest BCUT2D eigenvalue weighted by Gasteiger charge is 2.23. The van der Waals surface area contributed by atoms with Crippen molar-refractivity contribution in [2.45, 2.75) is 6.04 Å². The third kappa shape index (κ3) is 2.68. The van der Waals surface area contributed by atoms with E-state index in [1.54, 1.807) is 6.20 Å². The number of hydrogen-bond donors (Lipinski definition) is 1. The van der Waals surface area contributed by atoms with Crippen molar-refractivity contribution in [2.75, 3.05) is 14.1 Å². The van der Waals surface area contributed by atoms with Gasteiger partial charge in [-0.1, -0.05) is 18.2 Å². The molecule has 1 heterocycles. The fraction of sp³-hybridized carbons (Fsp3) is 0.231. The maximum atomic E-state index is 11.9. The maximum absolute atomic E-state index is 11.9. The van der Waals surface area contributed by atoms with Gasteiger partial charge in [-0.2, -0.15) is 0 Å². The molecule has 0 N–H and O–H groups in total. The smallest absolute Gasteiger partial charge is 0.220 e. The van der Waals surface area contributed by atoms with Gasteiger partial charge in [-0.15, -0.1) is 11.7 Å². The average molecular weight is 278 g/mol. The largest absolute Gasteiger partial charge is 0.295 e. The molecule has 0 amide bonds. The molecular formula is C13H14N2OS2. The summed E-state index contributed by atoms with van der Waals surface area (Å²) in [5.74, 6) is 0. The summed E-state index contributed by atoms with van der Waals surface area (Å²) in [7, 11) is 4.70. The van der Waals surface area contributed by atoms with E-state index in [1.807, 2.05) is 49.3 Å². The maximum Gasteiger partial charge on any atom is 0.220 e. The number of carbonyl (C=O) groups is 1. The Labute approximate surface area is 115 Å². The van der Waals surface area contributed by atoms with E-state index in [2.05, 4.69) is 16.6 Å². The van der Waals surface area contributed by atoms with Crippen molar-refractivity contribution in [3.63, 3.8) is 0 Å². The fourth-order valence-corrected chi connectivity index (χ4v) is 2.68. The lowest BCUT2D eigenvalue weighted by atomic mass is 10.1. The predicted molar refractivity (Wildman–Crippen MR) is 79.8 cm³/mol. The topological polar surface area (TPSA) is 33.2 Å². The zero-order chi connectivity index (χ0) is 13.1. The Hall–Kier alpha value is -1.04. The molecule has 5 heteroatoms. The number of para-hydroxylation sites is 1. The number of pyridine rings is 1. The van der Waals surface area contributed by atoms with Crippen molar-refractivity contribution < 1.29 is 4.79 Å². The van der Waals surface area contributed by atoms with Crippen LogP contribution < -0.4 is 0 Å². The Balaban J connectivity index is 2.48. The molecule has 0 saturated carbocycles. The van der Waals surface area contributed by atoms with Crippen molar-refractivity contribution in [1.82, 2.24) is 9.88 Å². The summed E-state index contributed by atoms with van der Waals surface area (Å²) in [6.45, 7) is 0. The predicted octanol–water partition coefficient (Wildman–Crippen LogP) is 2.94. The normalized spacial score (nSPS) is 12.9. The van der Waals surface area contributed by atoms with E-state index in [9.17, 15) is 4.79 Å². The van der Waals surface area contributed by atoms with Gasteiger partial charge in [0, 0.05) is 11.6 Å². The zero-order valence-corrected chi connectivity index (χ0v) is 11.9. The first-order valence-electron chi connectivity index (χ1n) is 5.50. The molecule has 0 fully saturated rings. The first-order valence-corrected chi connectivity index (χ1v) is 7.36. The van der Waals surface area contributed by atoms with Crippen LogP contribution in [-0.2, 0) is 4.79 Å². The number of carbonyl (C=O) groups excluding carboxylic acids is 1. The molecule has 3 nitrogen and oxygen atoms in total. The van der Waals surface area contributed by atoms with Crippen molar-refractivity contribution in [2.24, 2.45) is 0 Å². The molecule has 2 rings (SSSR count). The van der Waals surface area contributed by atoms with Gasteiger partial charge in [-0.3, -0.25) is 14.7 Å². The monoisotopic (exact) mass is 278 g/mol. The van der Waals surface area contributed by atoms with Crippen molar-refractivity contribution in [3.8, 4) is 0 Å². The number of thiol groups is 1. The van der Waals surface area contributed by atoms with Crippen LogP contribution >= 0.6 is 22.5 Å². The molecule has 1 unspecified atom stereocenters. The molecule has 0 aliphatic heterocycles. The van der Waals surface area contributed by atoms with Crippen LogP contribution in [0, 0.1) is 0 Å². The van der Waals surface area contributed by atoms with Gasteiger partial charge in [0.2, 0.25) is 5.12 Å². The Morgan fingerprint density at radius 2 is 2.11 bits per heavy atom. The van der Waals surface area contributed by atoms with Crippen LogP contribution in [0.2, 0.25) is 0 Å². The van der Waals surface area contributed by atoms with Crippen molar-refractivity contribution in [1.29, 1.82) is 0 Å². The second kappa shape index (κ2) is 5.73. The van der Waals surface area contributed by atoms with Gasteiger partial charge in [-0.25, -0.2) is 0 Å².